The average molecular weight is 466 g/mol. The van der Waals surface area contributed by atoms with E-state index in [1.54, 1.807) is 36.4 Å². The molecule has 0 spiro atoms. The number of nitrogens with zero attached hydrogens (tertiary/aromatic N) is 2. The molecule has 0 bridgehead atoms. The monoisotopic (exact) mass is 465 g/mol. The molecule has 1 aliphatic heterocycles. The Morgan fingerprint density at radius 3 is 2.60 bits per heavy atom. The Kier molecular flexibility index (Phi) is 7.37. The van der Waals surface area contributed by atoms with E-state index in [2.05, 4.69) is 11.4 Å². The van der Waals surface area contributed by atoms with Gasteiger partial charge in [-0.25, -0.2) is 12.7 Å². The maximum atomic E-state index is 12.9. The molecule has 1 fully saturated rings. The molecule has 0 aliphatic carbocycles. The molecule has 30 heavy (non-hydrogen) atoms. The Morgan fingerprint density at radius 1 is 1.20 bits per heavy atom. The second-order valence-corrected chi connectivity index (χ2v) is 10.0. The zero-order chi connectivity index (χ0) is 21.7. The van der Waals surface area contributed by atoms with Crippen molar-refractivity contribution in [2.45, 2.75) is 25.0 Å². The van der Waals surface area contributed by atoms with Crippen LogP contribution in [-0.2, 0) is 27.0 Å². The summed E-state index contributed by atoms with van der Waals surface area (Å²) in [7, 11) is -3.63. The van der Waals surface area contributed by atoms with Gasteiger partial charge in [-0.3, -0.25) is 4.79 Å². The fourth-order valence-corrected chi connectivity index (χ4v) is 5.57. The van der Waals surface area contributed by atoms with Crippen molar-refractivity contribution in [3.05, 3.63) is 63.6 Å². The van der Waals surface area contributed by atoms with Crippen molar-refractivity contribution in [2.75, 3.05) is 18.4 Å². The topological polar surface area (TPSA) is 90.3 Å². The molecular formula is C21H21Cl2N3O3S. The van der Waals surface area contributed by atoms with Crippen molar-refractivity contribution in [1.82, 2.24) is 4.31 Å². The minimum Gasteiger partial charge on any atom is -0.326 e. The number of nitrogens with one attached hydrogen (secondary N) is 1. The van der Waals surface area contributed by atoms with Gasteiger partial charge in [0.1, 0.15) is 0 Å². The van der Waals surface area contributed by atoms with E-state index in [0.29, 0.717) is 47.1 Å². The molecule has 1 heterocycles. The van der Waals surface area contributed by atoms with Crippen molar-refractivity contribution in [1.29, 1.82) is 5.26 Å². The standard InChI is InChI=1S/C21H21Cl2N3O3S/c22-18-6-5-17(20(23)12-18)14-30(28,29)26-11-1-2-16(13-26)21(27)25-19-7-3-15(4-8-19)9-10-24/h3-8,12,16H,1-2,9,11,13-14H2,(H,25,27). The Hall–Kier alpha value is -2.11. The van der Waals surface area contributed by atoms with E-state index in [1.165, 1.54) is 10.4 Å². The number of rotatable bonds is 6. The van der Waals surface area contributed by atoms with Crippen LogP contribution in [0.1, 0.15) is 24.0 Å². The lowest BCUT2D eigenvalue weighted by Crippen LogP contribution is -2.44. The van der Waals surface area contributed by atoms with E-state index in [9.17, 15) is 13.2 Å². The van der Waals surface area contributed by atoms with Crippen molar-refractivity contribution >= 4 is 44.8 Å². The Morgan fingerprint density at radius 2 is 1.93 bits per heavy atom. The first-order valence-corrected chi connectivity index (χ1v) is 11.8. The van der Waals surface area contributed by atoms with E-state index >= 15 is 0 Å². The summed E-state index contributed by atoms with van der Waals surface area (Å²) in [6.07, 6.45) is 1.53. The first-order chi connectivity index (χ1) is 14.3. The van der Waals surface area contributed by atoms with Crippen LogP contribution in [0.25, 0.3) is 0 Å². The molecule has 9 heteroatoms. The van der Waals surface area contributed by atoms with E-state index in [1.807, 2.05) is 0 Å². The highest BCUT2D eigenvalue weighted by Crippen LogP contribution is 2.27. The van der Waals surface area contributed by atoms with Crippen LogP contribution in [0.3, 0.4) is 0 Å². The second-order valence-electron chi connectivity index (χ2n) is 7.21. The van der Waals surface area contributed by atoms with Crippen LogP contribution in [0, 0.1) is 17.2 Å². The number of hydrogen-bond donors (Lipinski definition) is 1. The third-order valence-electron chi connectivity index (χ3n) is 5.01. The number of anilines is 1. The van der Waals surface area contributed by atoms with Gasteiger partial charge in [-0.2, -0.15) is 5.26 Å². The summed E-state index contributed by atoms with van der Waals surface area (Å²) < 4.78 is 27.2. The molecule has 1 saturated heterocycles. The van der Waals surface area contributed by atoms with Crippen LogP contribution in [0.4, 0.5) is 5.69 Å². The van der Waals surface area contributed by atoms with E-state index in [-0.39, 0.29) is 18.2 Å². The summed E-state index contributed by atoms with van der Waals surface area (Å²) in [6.45, 7) is 0.506. The van der Waals surface area contributed by atoms with Gasteiger partial charge in [-0.15, -0.1) is 0 Å². The number of piperidine rings is 1. The van der Waals surface area contributed by atoms with Gasteiger partial charge < -0.3 is 5.32 Å². The summed E-state index contributed by atoms with van der Waals surface area (Å²) in [6, 6.07) is 13.8. The van der Waals surface area contributed by atoms with Gasteiger partial charge in [0.25, 0.3) is 0 Å². The van der Waals surface area contributed by atoms with Crippen molar-refractivity contribution in [3.8, 4) is 6.07 Å². The molecule has 3 rings (SSSR count). The zero-order valence-corrected chi connectivity index (χ0v) is 18.5. The fraction of sp³-hybridized carbons (Fsp3) is 0.333. The molecule has 0 saturated carbocycles. The molecule has 0 aromatic heterocycles. The summed E-state index contributed by atoms with van der Waals surface area (Å²) in [5, 5.41) is 12.3. The summed E-state index contributed by atoms with van der Waals surface area (Å²) in [5.41, 5.74) is 1.96. The molecular weight excluding hydrogens is 445 g/mol. The van der Waals surface area contributed by atoms with Crippen LogP contribution in [0.5, 0.6) is 0 Å². The SMILES string of the molecule is N#CCc1ccc(NC(=O)C2CCCN(S(=O)(=O)Cc3ccc(Cl)cc3Cl)C2)cc1. The first-order valence-electron chi connectivity index (χ1n) is 9.47. The number of nitriles is 1. The smallest absolute Gasteiger partial charge is 0.228 e. The third kappa shape index (κ3) is 5.73. The van der Waals surface area contributed by atoms with Gasteiger partial charge in [-0.1, -0.05) is 41.4 Å². The molecule has 1 amide bonds. The van der Waals surface area contributed by atoms with E-state index in [0.717, 1.165) is 5.56 Å². The summed E-state index contributed by atoms with van der Waals surface area (Å²) in [4.78, 5) is 12.7. The number of amides is 1. The second kappa shape index (κ2) is 9.80. The van der Waals surface area contributed by atoms with Crippen molar-refractivity contribution in [2.24, 2.45) is 5.92 Å². The highest BCUT2D eigenvalue weighted by molar-refractivity contribution is 7.88. The maximum absolute atomic E-state index is 12.9. The third-order valence-corrected chi connectivity index (χ3v) is 7.39. The van der Waals surface area contributed by atoms with Gasteiger partial charge in [0.2, 0.25) is 15.9 Å². The quantitative estimate of drug-likeness (QED) is 0.690. The summed E-state index contributed by atoms with van der Waals surface area (Å²) >= 11 is 12.0. The highest BCUT2D eigenvalue weighted by Gasteiger charge is 2.32. The maximum Gasteiger partial charge on any atom is 0.228 e. The lowest BCUT2D eigenvalue weighted by molar-refractivity contribution is -0.120. The van der Waals surface area contributed by atoms with Crippen LogP contribution in [0.15, 0.2) is 42.5 Å². The van der Waals surface area contributed by atoms with Crippen LogP contribution < -0.4 is 5.32 Å². The number of benzene rings is 2. The molecule has 158 valence electrons. The van der Waals surface area contributed by atoms with Gasteiger partial charge in [-0.05, 0) is 48.2 Å². The number of halogens is 2. The highest BCUT2D eigenvalue weighted by atomic mass is 35.5. The predicted molar refractivity (Wildman–Crippen MR) is 118 cm³/mol. The minimum atomic E-state index is -3.63. The normalized spacial score (nSPS) is 17.3. The zero-order valence-electron chi connectivity index (χ0n) is 16.1. The minimum absolute atomic E-state index is 0.131. The lowest BCUT2D eigenvalue weighted by Gasteiger charge is -2.31. The molecule has 6 nitrogen and oxygen atoms in total. The molecule has 1 atom stereocenters. The number of carbonyl (C=O) groups is 1. The van der Waals surface area contributed by atoms with Gasteiger partial charge in [0.05, 0.1) is 24.2 Å². The molecule has 2 aromatic rings. The lowest BCUT2D eigenvalue weighted by atomic mass is 9.98. The largest absolute Gasteiger partial charge is 0.326 e. The Labute approximate surface area is 186 Å². The van der Waals surface area contributed by atoms with Crippen molar-refractivity contribution in [3.63, 3.8) is 0 Å². The van der Waals surface area contributed by atoms with Gasteiger partial charge >= 0.3 is 0 Å². The molecule has 1 aliphatic rings. The fourth-order valence-electron chi connectivity index (χ4n) is 3.38. The first kappa shape index (κ1) is 22.6. The van der Waals surface area contributed by atoms with Crippen LogP contribution in [-0.4, -0.2) is 31.7 Å². The number of hydrogen-bond acceptors (Lipinski definition) is 4. The Balaban J connectivity index is 1.65. The molecule has 1 unspecified atom stereocenters. The molecule has 1 N–H and O–H groups in total. The van der Waals surface area contributed by atoms with Gasteiger partial charge in [0.15, 0.2) is 0 Å². The molecule has 0 radical (unpaired) electrons. The van der Waals surface area contributed by atoms with Crippen LogP contribution in [0.2, 0.25) is 10.0 Å². The number of carbonyl (C=O) groups excluding carboxylic acids is 1. The molecule has 2 aromatic carbocycles. The van der Waals surface area contributed by atoms with Gasteiger partial charge in [0, 0.05) is 28.8 Å². The predicted octanol–water partition coefficient (Wildman–Crippen LogP) is 4.24. The number of sulfonamides is 1. The van der Waals surface area contributed by atoms with E-state index in [4.69, 9.17) is 28.5 Å². The van der Waals surface area contributed by atoms with Crippen molar-refractivity contribution < 1.29 is 13.2 Å². The average Bonchev–Trinajstić information content (AvgIpc) is 2.72. The van der Waals surface area contributed by atoms with E-state index < -0.39 is 15.9 Å². The summed E-state index contributed by atoms with van der Waals surface area (Å²) in [5.74, 6) is -0.891. The van der Waals surface area contributed by atoms with Crippen LogP contribution >= 0.6 is 23.2 Å². The Bertz CT molecular complexity index is 1070.